The van der Waals surface area contributed by atoms with Crippen LogP contribution in [-0.2, 0) is 4.79 Å². The first kappa shape index (κ1) is 76.8. The van der Waals surface area contributed by atoms with E-state index in [1.807, 2.05) is 6.08 Å². The molecule has 0 saturated heterocycles. The van der Waals surface area contributed by atoms with Crippen molar-refractivity contribution in [1.82, 2.24) is 5.32 Å². The molecule has 0 aliphatic carbocycles. The van der Waals surface area contributed by atoms with Crippen molar-refractivity contribution in [3.05, 3.63) is 72.9 Å². The summed E-state index contributed by atoms with van der Waals surface area (Å²) in [6.07, 6.45) is 102. The van der Waals surface area contributed by atoms with Crippen LogP contribution in [0.5, 0.6) is 0 Å². The zero-order valence-electron chi connectivity index (χ0n) is 53.4. The van der Waals surface area contributed by atoms with E-state index in [0.29, 0.717) is 6.42 Å². The molecule has 0 bridgehead atoms. The standard InChI is InChI=1S/C75H139NO3/c1-3-5-7-9-11-13-15-17-19-21-23-25-27-29-31-33-34-35-36-37-38-39-40-41-42-43-45-47-49-51-53-55-57-59-61-63-65-67-69-71-75(79)76-73(72-77)74(78)70-68-66-64-62-60-58-56-54-52-50-48-46-44-32-30-28-26-24-22-20-18-16-14-12-10-8-6-4-2/h5,7,11,13,17,19,23,25,60,62,68,70,73-74,77-78H,3-4,6,8-10,12,14-16,18,20-22,24,26-59,61,63-67,69,71-72H2,1-2H3,(H,76,79)/b7-5-,13-11-,19-17-,25-23-,62-60+,70-68+. The van der Waals surface area contributed by atoms with Gasteiger partial charge in [-0.15, -0.1) is 0 Å². The van der Waals surface area contributed by atoms with Gasteiger partial charge in [-0.05, 0) is 70.6 Å². The van der Waals surface area contributed by atoms with Gasteiger partial charge < -0.3 is 15.5 Å². The Hall–Kier alpha value is -2.17. The minimum absolute atomic E-state index is 0.0669. The summed E-state index contributed by atoms with van der Waals surface area (Å²) in [6, 6.07) is -0.641. The number of hydrogen-bond acceptors (Lipinski definition) is 3. The van der Waals surface area contributed by atoms with Gasteiger partial charge in [-0.25, -0.2) is 0 Å². The highest BCUT2D eigenvalue weighted by molar-refractivity contribution is 5.76. The van der Waals surface area contributed by atoms with Crippen molar-refractivity contribution >= 4 is 5.91 Å². The number of allylic oxidation sites excluding steroid dienone is 11. The zero-order chi connectivity index (χ0) is 56.9. The second-order valence-electron chi connectivity index (χ2n) is 24.3. The largest absolute Gasteiger partial charge is 0.394 e. The van der Waals surface area contributed by atoms with Crippen molar-refractivity contribution in [3.8, 4) is 0 Å². The number of amides is 1. The Balaban J connectivity index is 3.44. The Kier molecular flexibility index (Phi) is 68.2. The smallest absolute Gasteiger partial charge is 0.220 e. The first-order valence-electron chi connectivity index (χ1n) is 35.7. The Labute approximate surface area is 495 Å². The summed E-state index contributed by atoms with van der Waals surface area (Å²) in [5.41, 5.74) is 0. The van der Waals surface area contributed by atoms with E-state index in [4.69, 9.17) is 0 Å². The van der Waals surface area contributed by atoms with Gasteiger partial charge in [0.05, 0.1) is 18.8 Å². The number of carbonyl (C=O) groups excluding carboxylic acids is 1. The number of rotatable bonds is 66. The molecule has 0 aromatic rings. The van der Waals surface area contributed by atoms with Gasteiger partial charge in [0.15, 0.2) is 0 Å². The van der Waals surface area contributed by atoms with Crippen LogP contribution in [0.1, 0.15) is 380 Å². The van der Waals surface area contributed by atoms with Crippen molar-refractivity contribution in [1.29, 1.82) is 0 Å². The predicted octanol–water partition coefficient (Wildman–Crippen LogP) is 24.4. The van der Waals surface area contributed by atoms with Crippen LogP contribution in [-0.4, -0.2) is 34.9 Å². The maximum absolute atomic E-state index is 12.5. The van der Waals surface area contributed by atoms with Crippen LogP contribution in [0.2, 0.25) is 0 Å². The lowest BCUT2D eigenvalue weighted by atomic mass is 10.0. The maximum atomic E-state index is 12.5. The molecule has 4 heteroatoms. The molecular weight excluding hydrogens is 963 g/mol. The van der Waals surface area contributed by atoms with Crippen LogP contribution in [0, 0.1) is 0 Å². The molecule has 0 heterocycles. The molecule has 79 heavy (non-hydrogen) atoms. The number of nitrogens with one attached hydrogen (secondary N) is 1. The average molecular weight is 1100 g/mol. The van der Waals surface area contributed by atoms with E-state index in [-0.39, 0.29) is 12.5 Å². The normalized spacial score (nSPS) is 13.1. The Morgan fingerprint density at radius 2 is 0.570 bits per heavy atom. The van der Waals surface area contributed by atoms with E-state index in [2.05, 4.69) is 79.9 Å². The SMILES string of the molecule is CC/C=C\C/C=C\C/C=C\C/C=C\CCCCCCCCCCCCCCCCCCCCCCCCCCCCC(=O)NC(CO)C(O)/C=C/CC/C=C/CCCCCCCCCCCCCCCCCCCCCCCC. The van der Waals surface area contributed by atoms with Gasteiger partial charge in [0.25, 0.3) is 0 Å². The fraction of sp³-hybridized carbons (Fsp3) is 0.827. The molecule has 0 radical (unpaired) electrons. The number of aliphatic hydroxyl groups is 2. The minimum atomic E-state index is -0.864. The molecule has 2 atom stereocenters. The molecule has 0 aliphatic heterocycles. The van der Waals surface area contributed by atoms with Gasteiger partial charge in [-0.1, -0.05) is 376 Å². The maximum Gasteiger partial charge on any atom is 0.220 e. The second-order valence-corrected chi connectivity index (χ2v) is 24.3. The molecule has 462 valence electrons. The number of unbranched alkanes of at least 4 members (excludes halogenated alkanes) is 49. The minimum Gasteiger partial charge on any atom is -0.394 e. The van der Waals surface area contributed by atoms with Gasteiger partial charge in [-0.2, -0.15) is 0 Å². The highest BCUT2D eigenvalue weighted by Gasteiger charge is 2.18. The first-order valence-corrected chi connectivity index (χ1v) is 35.7. The summed E-state index contributed by atoms with van der Waals surface area (Å²) >= 11 is 0. The van der Waals surface area contributed by atoms with E-state index in [0.717, 1.165) is 57.8 Å². The van der Waals surface area contributed by atoms with Crippen molar-refractivity contribution in [2.45, 2.75) is 392 Å². The van der Waals surface area contributed by atoms with Gasteiger partial charge >= 0.3 is 0 Å². The van der Waals surface area contributed by atoms with Crippen LogP contribution in [0.25, 0.3) is 0 Å². The van der Waals surface area contributed by atoms with E-state index in [1.165, 1.54) is 302 Å². The van der Waals surface area contributed by atoms with Crippen molar-refractivity contribution in [2.75, 3.05) is 6.61 Å². The van der Waals surface area contributed by atoms with Crippen LogP contribution in [0.3, 0.4) is 0 Å². The molecule has 0 rings (SSSR count). The van der Waals surface area contributed by atoms with Crippen LogP contribution >= 0.6 is 0 Å². The van der Waals surface area contributed by atoms with Crippen molar-refractivity contribution in [3.63, 3.8) is 0 Å². The predicted molar refractivity (Wildman–Crippen MR) is 354 cm³/mol. The summed E-state index contributed by atoms with van der Waals surface area (Å²) in [7, 11) is 0. The zero-order valence-corrected chi connectivity index (χ0v) is 53.4. The molecule has 4 nitrogen and oxygen atoms in total. The Morgan fingerprint density at radius 1 is 0.316 bits per heavy atom. The first-order chi connectivity index (χ1) is 39.2. The van der Waals surface area contributed by atoms with Crippen LogP contribution < -0.4 is 5.32 Å². The highest BCUT2D eigenvalue weighted by Crippen LogP contribution is 2.19. The van der Waals surface area contributed by atoms with Crippen LogP contribution in [0.4, 0.5) is 0 Å². The van der Waals surface area contributed by atoms with Gasteiger partial charge in [0, 0.05) is 6.42 Å². The molecule has 0 saturated carbocycles. The van der Waals surface area contributed by atoms with E-state index in [9.17, 15) is 15.0 Å². The van der Waals surface area contributed by atoms with Crippen LogP contribution in [0.15, 0.2) is 72.9 Å². The monoisotopic (exact) mass is 1100 g/mol. The fourth-order valence-electron chi connectivity index (χ4n) is 11.1. The lowest BCUT2D eigenvalue weighted by molar-refractivity contribution is -0.123. The molecule has 0 fully saturated rings. The summed E-state index contributed by atoms with van der Waals surface area (Å²) in [5, 5.41) is 23.3. The molecular formula is C75H139NO3. The second kappa shape index (κ2) is 70.1. The molecule has 0 aromatic carbocycles. The topological polar surface area (TPSA) is 69.6 Å². The molecule has 2 unspecified atom stereocenters. The van der Waals surface area contributed by atoms with Gasteiger partial charge in [0.2, 0.25) is 5.91 Å². The number of hydrogen-bond donors (Lipinski definition) is 3. The lowest BCUT2D eigenvalue weighted by Gasteiger charge is -2.19. The van der Waals surface area contributed by atoms with Gasteiger partial charge in [0.1, 0.15) is 0 Å². The summed E-state index contributed by atoms with van der Waals surface area (Å²) in [4.78, 5) is 12.5. The molecule has 0 aromatic heterocycles. The van der Waals surface area contributed by atoms with E-state index < -0.39 is 12.1 Å². The van der Waals surface area contributed by atoms with E-state index in [1.54, 1.807) is 6.08 Å². The third-order valence-corrected chi connectivity index (χ3v) is 16.4. The van der Waals surface area contributed by atoms with E-state index >= 15 is 0 Å². The third-order valence-electron chi connectivity index (χ3n) is 16.4. The van der Waals surface area contributed by atoms with Crippen molar-refractivity contribution in [2.24, 2.45) is 0 Å². The Bertz CT molecular complexity index is 1340. The Morgan fingerprint density at radius 3 is 0.886 bits per heavy atom. The molecule has 0 spiro atoms. The molecule has 1 amide bonds. The summed E-state index contributed by atoms with van der Waals surface area (Å²) in [6.45, 7) is 4.22. The molecule has 3 N–H and O–H groups in total. The average Bonchev–Trinajstić information content (AvgIpc) is 3.45. The number of aliphatic hydroxyl groups excluding tert-OH is 2. The lowest BCUT2D eigenvalue weighted by Crippen LogP contribution is -2.45. The number of carbonyl (C=O) groups is 1. The third kappa shape index (κ3) is 66.5. The molecule has 0 aliphatic rings. The summed E-state index contributed by atoms with van der Waals surface area (Å²) < 4.78 is 0. The van der Waals surface area contributed by atoms with Gasteiger partial charge in [-0.3, -0.25) is 4.79 Å². The van der Waals surface area contributed by atoms with Crippen molar-refractivity contribution < 1.29 is 15.0 Å². The fourth-order valence-corrected chi connectivity index (χ4v) is 11.1. The summed E-state index contributed by atoms with van der Waals surface area (Å²) in [5.74, 6) is -0.0669. The quantitative estimate of drug-likeness (QED) is 0.0420. The highest BCUT2D eigenvalue weighted by atomic mass is 16.3.